The monoisotopic (exact) mass is 599 g/mol. The second kappa shape index (κ2) is 11.7. The largest absolute Gasteiger partial charge is 0.238 e. The van der Waals surface area contributed by atoms with Gasteiger partial charge < -0.3 is 0 Å². The Hall–Kier alpha value is -6.69. The Bertz CT molecular complexity index is 2350. The van der Waals surface area contributed by atoms with Crippen LogP contribution >= 0.6 is 0 Å². The SMILES string of the molecule is [C-]#[N+]c1cc(-c2cccc(C3c4ccccc4-c4ccccc43)c2)cc(-c2nc(-c3ccccc3)nc(-c3cccc(C#N)c3)n2)c1. The molecule has 7 aromatic rings. The van der Waals surface area contributed by atoms with E-state index in [0.717, 1.165) is 22.3 Å². The number of hydrogen-bond donors (Lipinski definition) is 0. The van der Waals surface area contributed by atoms with Crippen LogP contribution < -0.4 is 0 Å². The van der Waals surface area contributed by atoms with Gasteiger partial charge >= 0.3 is 0 Å². The van der Waals surface area contributed by atoms with Gasteiger partial charge in [0.1, 0.15) is 0 Å². The number of hydrogen-bond acceptors (Lipinski definition) is 4. The van der Waals surface area contributed by atoms with Gasteiger partial charge in [-0.05, 0) is 69.3 Å². The highest BCUT2D eigenvalue weighted by molar-refractivity contribution is 5.82. The molecule has 1 aliphatic rings. The van der Waals surface area contributed by atoms with Gasteiger partial charge in [-0.15, -0.1) is 0 Å². The van der Waals surface area contributed by atoms with Crippen LogP contribution in [0.4, 0.5) is 5.69 Å². The van der Waals surface area contributed by atoms with Crippen LogP contribution in [0.25, 0.3) is 61.3 Å². The first kappa shape index (κ1) is 27.8. The summed E-state index contributed by atoms with van der Waals surface area (Å²) in [6.07, 6.45) is 0. The molecular formula is C42H25N5. The zero-order valence-corrected chi connectivity index (χ0v) is 25.2. The summed E-state index contributed by atoms with van der Waals surface area (Å²) < 4.78 is 0. The molecule has 0 saturated carbocycles. The zero-order chi connectivity index (χ0) is 31.7. The topological polar surface area (TPSA) is 66.8 Å². The predicted octanol–water partition coefficient (Wildman–Crippen LogP) is 10.1. The van der Waals surface area contributed by atoms with E-state index in [1.165, 1.54) is 27.8 Å². The zero-order valence-electron chi connectivity index (χ0n) is 25.2. The molecule has 8 rings (SSSR count). The molecule has 47 heavy (non-hydrogen) atoms. The third kappa shape index (κ3) is 5.13. The number of rotatable bonds is 5. The highest BCUT2D eigenvalue weighted by atomic mass is 15.0. The van der Waals surface area contributed by atoms with Gasteiger partial charge in [0.05, 0.1) is 18.2 Å². The highest BCUT2D eigenvalue weighted by Gasteiger charge is 2.29. The van der Waals surface area contributed by atoms with Crippen molar-refractivity contribution in [2.75, 3.05) is 0 Å². The highest BCUT2D eigenvalue weighted by Crippen LogP contribution is 2.48. The van der Waals surface area contributed by atoms with Crippen LogP contribution in [-0.4, -0.2) is 15.0 Å². The van der Waals surface area contributed by atoms with E-state index in [1.54, 1.807) is 12.1 Å². The molecule has 0 saturated heterocycles. The third-order valence-electron chi connectivity index (χ3n) is 8.61. The van der Waals surface area contributed by atoms with Crippen molar-refractivity contribution in [3.63, 3.8) is 0 Å². The fourth-order valence-corrected chi connectivity index (χ4v) is 6.46. The molecule has 0 amide bonds. The molecule has 1 aliphatic carbocycles. The van der Waals surface area contributed by atoms with Crippen molar-refractivity contribution in [2.45, 2.75) is 5.92 Å². The van der Waals surface area contributed by atoms with Crippen LogP contribution in [0.2, 0.25) is 0 Å². The van der Waals surface area contributed by atoms with E-state index in [4.69, 9.17) is 21.5 Å². The summed E-state index contributed by atoms with van der Waals surface area (Å²) in [4.78, 5) is 18.4. The number of aromatic nitrogens is 3. The molecule has 218 valence electrons. The molecule has 1 heterocycles. The van der Waals surface area contributed by atoms with Gasteiger partial charge in [0.2, 0.25) is 0 Å². The molecule has 0 aliphatic heterocycles. The standard InChI is InChI=1S/C42H25N5/c1-44-34-24-32(29-14-10-15-30(22-29)39-37-19-7-5-17-35(37)36-18-6-8-20-38(36)39)23-33(25-34)42-46-40(28-12-3-2-4-13-28)45-41(47-42)31-16-9-11-27(21-31)26-43/h2-25,39H. The Morgan fingerprint density at radius 1 is 0.511 bits per heavy atom. The lowest BCUT2D eigenvalue weighted by Gasteiger charge is -2.16. The molecule has 5 heteroatoms. The van der Waals surface area contributed by atoms with Gasteiger partial charge in [-0.25, -0.2) is 19.8 Å². The summed E-state index contributed by atoms with van der Waals surface area (Å²) in [5.74, 6) is 1.55. The maximum atomic E-state index is 9.52. The number of nitrogens with zero attached hydrogens (tertiary/aromatic N) is 5. The number of fused-ring (bicyclic) bond motifs is 3. The van der Waals surface area contributed by atoms with Gasteiger partial charge in [0, 0.05) is 22.6 Å². The van der Waals surface area contributed by atoms with Gasteiger partial charge in [0.25, 0.3) is 0 Å². The molecule has 5 nitrogen and oxygen atoms in total. The van der Waals surface area contributed by atoms with E-state index in [0.29, 0.717) is 34.3 Å². The molecule has 0 unspecified atom stereocenters. The lowest BCUT2D eigenvalue weighted by molar-refractivity contribution is 1.02. The first-order chi connectivity index (χ1) is 23.2. The molecule has 0 atom stereocenters. The fourth-order valence-electron chi connectivity index (χ4n) is 6.46. The smallest absolute Gasteiger partial charge is 0.188 e. The Balaban J connectivity index is 1.26. The third-order valence-corrected chi connectivity index (χ3v) is 8.61. The first-order valence-corrected chi connectivity index (χ1v) is 15.3. The van der Waals surface area contributed by atoms with Gasteiger partial charge in [-0.3, -0.25) is 0 Å². The Morgan fingerprint density at radius 2 is 1.09 bits per heavy atom. The van der Waals surface area contributed by atoms with E-state index in [1.807, 2.05) is 60.7 Å². The number of benzene rings is 6. The second-order valence-electron chi connectivity index (χ2n) is 11.5. The maximum Gasteiger partial charge on any atom is 0.188 e. The van der Waals surface area contributed by atoms with E-state index >= 15 is 0 Å². The van der Waals surface area contributed by atoms with Crippen LogP contribution in [-0.2, 0) is 0 Å². The lowest BCUT2D eigenvalue weighted by Crippen LogP contribution is -2.01. The minimum Gasteiger partial charge on any atom is -0.238 e. The van der Waals surface area contributed by atoms with Crippen molar-refractivity contribution in [1.82, 2.24) is 15.0 Å². The molecule has 0 N–H and O–H groups in total. The molecule has 0 spiro atoms. The van der Waals surface area contributed by atoms with Gasteiger partial charge in [-0.1, -0.05) is 115 Å². The molecule has 0 bridgehead atoms. The fraction of sp³-hybridized carbons (Fsp3) is 0.0238. The summed E-state index contributed by atoms with van der Waals surface area (Å²) in [6.45, 7) is 7.94. The van der Waals surface area contributed by atoms with Crippen molar-refractivity contribution in [3.8, 4) is 62.5 Å². The van der Waals surface area contributed by atoms with Gasteiger partial charge in [0.15, 0.2) is 23.2 Å². The molecular weight excluding hydrogens is 574 g/mol. The molecule has 0 fully saturated rings. The van der Waals surface area contributed by atoms with Crippen molar-refractivity contribution < 1.29 is 0 Å². The van der Waals surface area contributed by atoms with Crippen LogP contribution in [0, 0.1) is 17.9 Å². The summed E-state index contributed by atoms with van der Waals surface area (Å²) in [5, 5.41) is 9.52. The Kier molecular flexibility index (Phi) is 6.91. The minimum absolute atomic E-state index is 0.120. The molecule has 1 aromatic heterocycles. The lowest BCUT2D eigenvalue weighted by atomic mass is 9.87. The van der Waals surface area contributed by atoms with Gasteiger partial charge in [-0.2, -0.15) is 5.26 Å². The van der Waals surface area contributed by atoms with Crippen molar-refractivity contribution >= 4 is 5.69 Å². The number of nitriles is 1. The first-order valence-electron chi connectivity index (χ1n) is 15.3. The van der Waals surface area contributed by atoms with Crippen LogP contribution in [0.5, 0.6) is 0 Å². The predicted molar refractivity (Wildman–Crippen MR) is 185 cm³/mol. The minimum atomic E-state index is 0.120. The van der Waals surface area contributed by atoms with E-state index < -0.39 is 0 Å². The maximum absolute atomic E-state index is 9.52. The second-order valence-corrected chi connectivity index (χ2v) is 11.5. The normalized spacial score (nSPS) is 11.7. The summed E-state index contributed by atoms with van der Waals surface area (Å²) in [5.41, 5.74) is 11.6. The van der Waals surface area contributed by atoms with Crippen molar-refractivity contribution in [3.05, 3.63) is 179 Å². The molecule has 0 radical (unpaired) electrons. The summed E-state index contributed by atoms with van der Waals surface area (Å²) in [6, 6.07) is 50.9. The Labute approximate surface area is 273 Å². The van der Waals surface area contributed by atoms with E-state index in [2.05, 4.69) is 83.7 Å². The van der Waals surface area contributed by atoms with Crippen LogP contribution in [0.15, 0.2) is 146 Å². The quantitative estimate of drug-likeness (QED) is 0.185. The van der Waals surface area contributed by atoms with E-state index in [9.17, 15) is 5.26 Å². The summed E-state index contributed by atoms with van der Waals surface area (Å²) >= 11 is 0. The summed E-state index contributed by atoms with van der Waals surface area (Å²) in [7, 11) is 0. The average molecular weight is 600 g/mol. The van der Waals surface area contributed by atoms with Crippen LogP contribution in [0.3, 0.4) is 0 Å². The Morgan fingerprint density at radius 3 is 1.79 bits per heavy atom. The van der Waals surface area contributed by atoms with E-state index in [-0.39, 0.29) is 5.92 Å². The van der Waals surface area contributed by atoms with Crippen molar-refractivity contribution in [1.29, 1.82) is 5.26 Å². The average Bonchev–Trinajstić information content (AvgIpc) is 3.49. The molecule has 6 aromatic carbocycles. The van der Waals surface area contributed by atoms with Crippen molar-refractivity contribution in [2.24, 2.45) is 0 Å². The van der Waals surface area contributed by atoms with Crippen LogP contribution in [0.1, 0.15) is 28.2 Å².